The molecule has 1 aromatic carbocycles. The van der Waals surface area contributed by atoms with Crippen LogP contribution in [0.2, 0.25) is 0 Å². The predicted octanol–water partition coefficient (Wildman–Crippen LogP) is 1.53. The number of nitrogens with zero attached hydrogens (tertiary/aromatic N) is 1. The summed E-state index contributed by atoms with van der Waals surface area (Å²) >= 11 is 0. The second-order valence-corrected chi connectivity index (χ2v) is 4.50. The lowest BCUT2D eigenvalue weighted by atomic mass is 9.89. The number of piperidine rings is 1. The lowest BCUT2D eigenvalue weighted by Gasteiger charge is -2.31. The molecule has 16 heavy (non-hydrogen) atoms. The Morgan fingerprint density at radius 3 is 2.69 bits per heavy atom. The smallest absolute Gasteiger partial charge is 0.115 e. The van der Waals surface area contributed by atoms with E-state index in [9.17, 15) is 5.11 Å². The molecule has 0 atom stereocenters. The van der Waals surface area contributed by atoms with E-state index in [4.69, 9.17) is 5.73 Å². The number of phenols is 1. The topological polar surface area (TPSA) is 49.5 Å². The van der Waals surface area contributed by atoms with Crippen molar-refractivity contribution < 1.29 is 5.11 Å². The number of benzene rings is 1. The van der Waals surface area contributed by atoms with Crippen LogP contribution in [0.1, 0.15) is 24.3 Å². The quantitative estimate of drug-likeness (QED) is 0.812. The van der Waals surface area contributed by atoms with Crippen molar-refractivity contribution in [2.24, 2.45) is 5.73 Å². The van der Waals surface area contributed by atoms with E-state index in [1.807, 2.05) is 12.1 Å². The first-order valence-electron chi connectivity index (χ1n) is 6.01. The second kappa shape index (κ2) is 5.32. The predicted molar refractivity (Wildman–Crippen MR) is 65.6 cm³/mol. The fraction of sp³-hybridized carbons (Fsp3) is 0.538. The Morgan fingerprint density at radius 1 is 1.31 bits per heavy atom. The number of hydrogen-bond donors (Lipinski definition) is 2. The van der Waals surface area contributed by atoms with E-state index >= 15 is 0 Å². The zero-order valence-electron chi connectivity index (χ0n) is 9.60. The molecule has 0 bridgehead atoms. The molecule has 1 saturated heterocycles. The summed E-state index contributed by atoms with van der Waals surface area (Å²) in [6.45, 7) is 4.00. The number of hydrogen-bond acceptors (Lipinski definition) is 3. The third-order valence-electron chi connectivity index (χ3n) is 3.37. The number of phenolic OH excluding ortho intramolecular Hbond substituents is 1. The zero-order valence-corrected chi connectivity index (χ0v) is 9.60. The van der Waals surface area contributed by atoms with Crippen LogP contribution in [0.4, 0.5) is 0 Å². The highest BCUT2D eigenvalue weighted by Crippen LogP contribution is 2.29. The van der Waals surface area contributed by atoms with Gasteiger partial charge in [-0.25, -0.2) is 0 Å². The van der Waals surface area contributed by atoms with Crippen LogP contribution in [0, 0.1) is 0 Å². The molecule has 1 heterocycles. The summed E-state index contributed by atoms with van der Waals surface area (Å²) < 4.78 is 0. The van der Waals surface area contributed by atoms with Crippen molar-refractivity contribution in [2.45, 2.75) is 18.8 Å². The molecule has 0 spiro atoms. The van der Waals surface area contributed by atoms with Crippen LogP contribution in [-0.2, 0) is 0 Å². The molecule has 0 saturated carbocycles. The van der Waals surface area contributed by atoms with Crippen LogP contribution in [0.15, 0.2) is 24.3 Å². The molecule has 1 aromatic rings. The molecule has 3 nitrogen and oxygen atoms in total. The lowest BCUT2D eigenvalue weighted by Crippen LogP contribution is -2.36. The van der Waals surface area contributed by atoms with Gasteiger partial charge in [-0.05, 0) is 49.5 Å². The zero-order chi connectivity index (χ0) is 11.4. The van der Waals surface area contributed by atoms with Gasteiger partial charge >= 0.3 is 0 Å². The summed E-state index contributed by atoms with van der Waals surface area (Å²) in [5.41, 5.74) is 6.82. The molecule has 2 rings (SSSR count). The first-order valence-corrected chi connectivity index (χ1v) is 6.01. The molecule has 0 unspecified atom stereocenters. The Hall–Kier alpha value is -1.06. The van der Waals surface area contributed by atoms with Crippen LogP contribution in [0.25, 0.3) is 0 Å². The monoisotopic (exact) mass is 220 g/mol. The van der Waals surface area contributed by atoms with Gasteiger partial charge in [0.05, 0.1) is 0 Å². The largest absolute Gasteiger partial charge is 0.508 e. The maximum atomic E-state index is 9.45. The maximum absolute atomic E-state index is 9.45. The standard InChI is InChI=1S/C13H20N2O/c14-6-9-15-7-4-11(5-8-15)12-2-1-3-13(16)10-12/h1-3,10-11,16H,4-9,14H2. The minimum Gasteiger partial charge on any atom is -0.508 e. The highest BCUT2D eigenvalue weighted by atomic mass is 16.3. The summed E-state index contributed by atoms with van der Waals surface area (Å²) in [5, 5.41) is 9.45. The molecular formula is C13H20N2O. The highest BCUT2D eigenvalue weighted by molar-refractivity contribution is 5.29. The molecule has 0 aromatic heterocycles. The Morgan fingerprint density at radius 2 is 2.06 bits per heavy atom. The molecule has 0 radical (unpaired) electrons. The van der Waals surface area contributed by atoms with Gasteiger partial charge in [0.2, 0.25) is 0 Å². The third kappa shape index (κ3) is 2.74. The normalized spacial score (nSPS) is 18.8. The van der Waals surface area contributed by atoms with Crippen molar-refractivity contribution in [1.82, 2.24) is 4.90 Å². The van der Waals surface area contributed by atoms with Gasteiger partial charge in [0.15, 0.2) is 0 Å². The molecular weight excluding hydrogens is 200 g/mol. The molecule has 3 N–H and O–H groups in total. The minimum atomic E-state index is 0.377. The van der Waals surface area contributed by atoms with E-state index in [1.54, 1.807) is 6.07 Å². The third-order valence-corrected chi connectivity index (χ3v) is 3.37. The molecule has 1 aliphatic rings. The average molecular weight is 220 g/mol. The van der Waals surface area contributed by atoms with Crippen molar-refractivity contribution in [3.8, 4) is 5.75 Å². The van der Waals surface area contributed by atoms with Crippen LogP contribution in [-0.4, -0.2) is 36.2 Å². The van der Waals surface area contributed by atoms with Crippen molar-refractivity contribution in [3.05, 3.63) is 29.8 Å². The summed E-state index contributed by atoms with van der Waals surface area (Å²) in [5.74, 6) is 0.975. The van der Waals surface area contributed by atoms with Gasteiger partial charge in [0, 0.05) is 13.1 Å². The first-order chi connectivity index (χ1) is 7.79. The van der Waals surface area contributed by atoms with Crippen LogP contribution >= 0.6 is 0 Å². The lowest BCUT2D eigenvalue weighted by molar-refractivity contribution is 0.217. The van der Waals surface area contributed by atoms with Gasteiger partial charge < -0.3 is 15.7 Å². The second-order valence-electron chi connectivity index (χ2n) is 4.50. The van der Waals surface area contributed by atoms with Gasteiger partial charge in [0.1, 0.15) is 5.75 Å². The molecule has 1 aliphatic heterocycles. The molecule has 0 amide bonds. The van der Waals surface area contributed by atoms with Crippen LogP contribution in [0.3, 0.4) is 0 Å². The van der Waals surface area contributed by atoms with E-state index in [1.165, 1.54) is 18.4 Å². The number of likely N-dealkylation sites (tertiary alicyclic amines) is 1. The minimum absolute atomic E-state index is 0.377. The molecule has 1 fully saturated rings. The van der Waals surface area contributed by atoms with Gasteiger partial charge in [-0.15, -0.1) is 0 Å². The summed E-state index contributed by atoms with van der Waals surface area (Å²) in [6, 6.07) is 7.66. The SMILES string of the molecule is NCCN1CCC(c2cccc(O)c2)CC1. The molecule has 88 valence electrons. The average Bonchev–Trinajstić information content (AvgIpc) is 2.30. The van der Waals surface area contributed by atoms with Crippen molar-refractivity contribution in [1.29, 1.82) is 0 Å². The maximum Gasteiger partial charge on any atom is 0.115 e. The first kappa shape index (κ1) is 11.4. The van der Waals surface area contributed by atoms with Crippen LogP contribution < -0.4 is 5.73 Å². The fourth-order valence-corrected chi connectivity index (χ4v) is 2.45. The fourth-order valence-electron chi connectivity index (χ4n) is 2.45. The van der Waals surface area contributed by atoms with E-state index < -0.39 is 0 Å². The van der Waals surface area contributed by atoms with E-state index in [0.717, 1.165) is 26.2 Å². The Labute approximate surface area is 96.9 Å². The van der Waals surface area contributed by atoms with Gasteiger partial charge in [-0.1, -0.05) is 12.1 Å². The highest BCUT2D eigenvalue weighted by Gasteiger charge is 2.19. The Balaban J connectivity index is 1.94. The van der Waals surface area contributed by atoms with Gasteiger partial charge in [0.25, 0.3) is 0 Å². The van der Waals surface area contributed by atoms with Crippen LogP contribution in [0.5, 0.6) is 5.75 Å². The van der Waals surface area contributed by atoms with Crippen molar-refractivity contribution in [2.75, 3.05) is 26.2 Å². The van der Waals surface area contributed by atoms with Crippen molar-refractivity contribution in [3.63, 3.8) is 0 Å². The number of aromatic hydroxyl groups is 1. The van der Waals surface area contributed by atoms with E-state index in [0.29, 0.717) is 11.7 Å². The van der Waals surface area contributed by atoms with E-state index in [2.05, 4.69) is 11.0 Å². The Kier molecular flexibility index (Phi) is 3.80. The summed E-state index contributed by atoms with van der Waals surface area (Å²) in [6.07, 6.45) is 2.34. The molecule has 0 aliphatic carbocycles. The summed E-state index contributed by atoms with van der Waals surface area (Å²) in [4.78, 5) is 2.42. The van der Waals surface area contributed by atoms with E-state index in [-0.39, 0.29) is 0 Å². The van der Waals surface area contributed by atoms with Gasteiger partial charge in [-0.3, -0.25) is 0 Å². The molecule has 3 heteroatoms. The number of rotatable bonds is 3. The summed E-state index contributed by atoms with van der Waals surface area (Å²) in [7, 11) is 0. The number of nitrogens with two attached hydrogens (primary N) is 1. The van der Waals surface area contributed by atoms with Gasteiger partial charge in [-0.2, -0.15) is 0 Å². The Bertz CT molecular complexity index is 332. The van der Waals surface area contributed by atoms with Crippen molar-refractivity contribution >= 4 is 0 Å².